The molecule has 0 aliphatic carbocycles. The van der Waals surface area contributed by atoms with Crippen LogP contribution in [0.4, 0.5) is 5.69 Å². The van der Waals surface area contributed by atoms with Gasteiger partial charge in [-0.3, -0.25) is 10.1 Å². The van der Waals surface area contributed by atoms with E-state index < -0.39 is 4.92 Å². The number of aryl methyl sites for hydroxylation is 1. The van der Waals surface area contributed by atoms with Crippen LogP contribution in [0.3, 0.4) is 0 Å². The first-order valence-electron chi connectivity index (χ1n) is 6.51. The van der Waals surface area contributed by atoms with E-state index in [0.717, 1.165) is 4.88 Å². The van der Waals surface area contributed by atoms with Gasteiger partial charge in [-0.1, -0.05) is 12.1 Å². The summed E-state index contributed by atoms with van der Waals surface area (Å²) in [5, 5.41) is 12.7. The average Bonchev–Trinajstić information content (AvgIpc) is 3.15. The fourth-order valence-corrected chi connectivity index (χ4v) is 2.56. The number of rotatable bonds is 5. The van der Waals surface area contributed by atoms with E-state index >= 15 is 0 Å². The standard InChI is InChI=1S/C15H12N2O4S/c1-10-13(16-15(21-10)14-6-3-7-22-14)9-20-12-5-2-4-11(8-12)17(18)19/h2-8H,9H2,1H3. The molecule has 0 saturated carbocycles. The normalized spacial score (nSPS) is 10.6. The molecule has 7 heteroatoms. The van der Waals surface area contributed by atoms with Gasteiger partial charge < -0.3 is 9.15 Å². The molecule has 0 saturated heterocycles. The van der Waals surface area contributed by atoms with E-state index in [9.17, 15) is 10.1 Å². The van der Waals surface area contributed by atoms with Crippen LogP contribution in [0.5, 0.6) is 5.75 Å². The number of aromatic nitrogens is 1. The zero-order chi connectivity index (χ0) is 15.5. The second-order valence-corrected chi connectivity index (χ2v) is 5.49. The number of thiophene rings is 1. The van der Waals surface area contributed by atoms with Gasteiger partial charge in [0.05, 0.1) is 15.9 Å². The predicted molar refractivity (Wildman–Crippen MR) is 82.0 cm³/mol. The molecule has 0 bridgehead atoms. The van der Waals surface area contributed by atoms with E-state index in [4.69, 9.17) is 9.15 Å². The number of hydrogen-bond donors (Lipinski definition) is 0. The quantitative estimate of drug-likeness (QED) is 0.520. The minimum atomic E-state index is -0.455. The Morgan fingerprint density at radius 1 is 1.36 bits per heavy atom. The monoisotopic (exact) mass is 316 g/mol. The summed E-state index contributed by atoms with van der Waals surface area (Å²) in [6.07, 6.45) is 0. The zero-order valence-corrected chi connectivity index (χ0v) is 12.5. The predicted octanol–water partition coefficient (Wildman–Crippen LogP) is 4.20. The third-order valence-corrected chi connectivity index (χ3v) is 3.89. The third-order valence-electron chi connectivity index (χ3n) is 3.03. The van der Waals surface area contributed by atoms with Crippen LogP contribution in [0.15, 0.2) is 46.2 Å². The van der Waals surface area contributed by atoms with Crippen molar-refractivity contribution in [2.24, 2.45) is 0 Å². The molecule has 0 amide bonds. The molecule has 0 spiro atoms. The summed E-state index contributed by atoms with van der Waals surface area (Å²) in [4.78, 5) is 15.6. The SMILES string of the molecule is Cc1oc(-c2cccs2)nc1COc1cccc([N+](=O)[O-])c1. The summed E-state index contributed by atoms with van der Waals surface area (Å²) in [5.74, 6) is 1.66. The first-order chi connectivity index (χ1) is 10.6. The minimum Gasteiger partial charge on any atom is -0.487 e. The van der Waals surface area contributed by atoms with Gasteiger partial charge in [0.1, 0.15) is 23.8 Å². The molecule has 3 aromatic rings. The van der Waals surface area contributed by atoms with E-state index in [1.54, 1.807) is 23.5 Å². The van der Waals surface area contributed by atoms with Crippen LogP contribution in [0, 0.1) is 17.0 Å². The molecule has 0 unspecified atom stereocenters. The minimum absolute atomic E-state index is 0.00588. The molecule has 3 rings (SSSR count). The molecule has 22 heavy (non-hydrogen) atoms. The summed E-state index contributed by atoms with van der Waals surface area (Å²) in [5.41, 5.74) is 0.670. The van der Waals surface area contributed by atoms with Gasteiger partial charge >= 0.3 is 0 Å². The van der Waals surface area contributed by atoms with Crippen molar-refractivity contribution in [3.63, 3.8) is 0 Å². The number of hydrogen-bond acceptors (Lipinski definition) is 6. The molecule has 2 aromatic heterocycles. The highest BCUT2D eigenvalue weighted by Gasteiger charge is 2.13. The lowest BCUT2D eigenvalue weighted by Gasteiger charge is -2.03. The maximum Gasteiger partial charge on any atom is 0.273 e. The van der Waals surface area contributed by atoms with Crippen LogP contribution in [0.1, 0.15) is 11.5 Å². The van der Waals surface area contributed by atoms with Crippen molar-refractivity contribution in [3.05, 3.63) is 63.3 Å². The van der Waals surface area contributed by atoms with Gasteiger partial charge in [-0.15, -0.1) is 11.3 Å². The summed E-state index contributed by atoms with van der Waals surface area (Å²) < 4.78 is 11.2. The molecule has 0 aliphatic rings. The molecular weight excluding hydrogens is 304 g/mol. The van der Waals surface area contributed by atoms with E-state index in [1.807, 2.05) is 24.4 Å². The maximum atomic E-state index is 10.7. The van der Waals surface area contributed by atoms with Gasteiger partial charge in [0, 0.05) is 6.07 Å². The van der Waals surface area contributed by atoms with Crippen molar-refractivity contribution in [2.45, 2.75) is 13.5 Å². The Balaban J connectivity index is 1.74. The van der Waals surface area contributed by atoms with Gasteiger partial charge in [-0.05, 0) is 24.4 Å². The fraction of sp³-hybridized carbons (Fsp3) is 0.133. The lowest BCUT2D eigenvalue weighted by molar-refractivity contribution is -0.384. The molecule has 2 heterocycles. The number of ether oxygens (including phenoxy) is 1. The van der Waals surface area contributed by atoms with Crippen molar-refractivity contribution in [2.75, 3.05) is 0 Å². The lowest BCUT2D eigenvalue weighted by atomic mass is 10.3. The molecule has 6 nitrogen and oxygen atoms in total. The Hall–Kier alpha value is -2.67. The third kappa shape index (κ3) is 2.99. The molecule has 0 atom stereocenters. The van der Waals surface area contributed by atoms with Gasteiger partial charge in [-0.25, -0.2) is 4.98 Å². The Kier molecular flexibility index (Phi) is 3.88. The van der Waals surface area contributed by atoms with Crippen molar-refractivity contribution < 1.29 is 14.1 Å². The number of nitro groups is 1. The number of benzene rings is 1. The van der Waals surface area contributed by atoms with Crippen LogP contribution in [0.2, 0.25) is 0 Å². The van der Waals surface area contributed by atoms with Gasteiger partial charge in [-0.2, -0.15) is 0 Å². The highest BCUT2D eigenvalue weighted by molar-refractivity contribution is 7.13. The number of nitro benzene ring substituents is 1. The number of nitrogens with zero attached hydrogens (tertiary/aromatic N) is 2. The summed E-state index contributed by atoms with van der Waals surface area (Å²) in [7, 11) is 0. The molecule has 0 N–H and O–H groups in total. The molecule has 0 aliphatic heterocycles. The van der Waals surface area contributed by atoms with E-state index in [2.05, 4.69) is 4.98 Å². The summed E-state index contributed by atoms with van der Waals surface area (Å²) in [6, 6.07) is 9.92. The van der Waals surface area contributed by atoms with Gasteiger partial charge in [0.25, 0.3) is 5.69 Å². The highest BCUT2D eigenvalue weighted by Crippen LogP contribution is 2.27. The van der Waals surface area contributed by atoms with Gasteiger partial charge in [0.2, 0.25) is 5.89 Å². The Bertz CT molecular complexity index is 796. The van der Waals surface area contributed by atoms with Crippen LogP contribution in [0.25, 0.3) is 10.8 Å². The summed E-state index contributed by atoms with van der Waals surface area (Å²) >= 11 is 1.55. The van der Waals surface area contributed by atoms with Crippen LogP contribution >= 0.6 is 11.3 Å². The lowest BCUT2D eigenvalue weighted by Crippen LogP contribution is -1.98. The Labute approximate surface area is 130 Å². The average molecular weight is 316 g/mol. The van der Waals surface area contributed by atoms with Crippen molar-refractivity contribution in [1.82, 2.24) is 4.98 Å². The fourth-order valence-electron chi connectivity index (χ4n) is 1.91. The second-order valence-electron chi connectivity index (χ2n) is 4.54. The van der Waals surface area contributed by atoms with Gasteiger partial charge in [0.15, 0.2) is 0 Å². The molecule has 0 fully saturated rings. The maximum absolute atomic E-state index is 10.7. The number of non-ortho nitro benzene ring substituents is 1. The highest BCUT2D eigenvalue weighted by atomic mass is 32.1. The van der Waals surface area contributed by atoms with E-state index in [0.29, 0.717) is 23.1 Å². The van der Waals surface area contributed by atoms with Crippen molar-refractivity contribution in [3.8, 4) is 16.5 Å². The first-order valence-corrected chi connectivity index (χ1v) is 7.39. The van der Waals surface area contributed by atoms with Crippen LogP contribution in [-0.4, -0.2) is 9.91 Å². The van der Waals surface area contributed by atoms with E-state index in [-0.39, 0.29) is 12.3 Å². The second kappa shape index (κ2) is 5.98. The molecule has 1 aromatic carbocycles. The first kappa shape index (κ1) is 14.3. The summed E-state index contributed by atoms with van der Waals surface area (Å²) in [6.45, 7) is 2.01. The molecular formula is C15H12N2O4S. The molecule has 0 radical (unpaired) electrons. The smallest absolute Gasteiger partial charge is 0.273 e. The molecule has 112 valence electrons. The van der Waals surface area contributed by atoms with Crippen LogP contribution < -0.4 is 4.74 Å². The topological polar surface area (TPSA) is 78.4 Å². The van der Waals surface area contributed by atoms with Crippen molar-refractivity contribution >= 4 is 17.0 Å². The Morgan fingerprint density at radius 2 is 2.23 bits per heavy atom. The number of oxazole rings is 1. The van der Waals surface area contributed by atoms with Crippen LogP contribution in [-0.2, 0) is 6.61 Å². The zero-order valence-electron chi connectivity index (χ0n) is 11.7. The Morgan fingerprint density at radius 3 is 2.95 bits per heavy atom. The van der Waals surface area contributed by atoms with E-state index in [1.165, 1.54) is 12.1 Å². The van der Waals surface area contributed by atoms with Crippen molar-refractivity contribution in [1.29, 1.82) is 0 Å². The largest absolute Gasteiger partial charge is 0.487 e.